The van der Waals surface area contributed by atoms with E-state index in [9.17, 15) is 9.59 Å². The second kappa shape index (κ2) is 3.00. The molecule has 1 aromatic carbocycles. The number of hydrogen-bond acceptors (Lipinski definition) is 4. The Morgan fingerprint density at radius 1 is 1.59 bits per heavy atom. The third kappa shape index (κ3) is 1.19. The molecule has 0 amide bonds. The summed E-state index contributed by atoms with van der Waals surface area (Å²) >= 11 is 0. The first-order valence-electron chi connectivity index (χ1n) is 5.23. The molecule has 1 heterocycles. The lowest BCUT2D eigenvalue weighted by atomic mass is 10.0. The highest BCUT2D eigenvalue weighted by molar-refractivity contribution is 6.09. The summed E-state index contributed by atoms with van der Waals surface area (Å²) in [5.41, 5.74) is -0.902. The number of aliphatic carboxylic acids is 1. The van der Waals surface area contributed by atoms with Crippen molar-refractivity contribution in [3.05, 3.63) is 23.8 Å². The van der Waals surface area contributed by atoms with Crippen LogP contribution in [0.15, 0.2) is 18.2 Å². The first-order chi connectivity index (χ1) is 8.08. The van der Waals surface area contributed by atoms with Gasteiger partial charge in [0, 0.05) is 12.5 Å². The zero-order valence-corrected chi connectivity index (χ0v) is 9.10. The van der Waals surface area contributed by atoms with E-state index in [1.807, 2.05) is 0 Å². The van der Waals surface area contributed by atoms with Crippen LogP contribution in [0.5, 0.6) is 11.5 Å². The maximum absolute atomic E-state index is 12.0. The van der Waals surface area contributed by atoms with Crippen LogP contribution in [0.25, 0.3) is 0 Å². The molecule has 17 heavy (non-hydrogen) atoms. The lowest BCUT2D eigenvalue weighted by molar-refractivity contribution is -0.148. The molecule has 3 rings (SSSR count). The Labute approximate surface area is 97.0 Å². The van der Waals surface area contributed by atoms with Gasteiger partial charge in [-0.3, -0.25) is 4.79 Å². The Bertz CT molecular complexity index is 536. The minimum absolute atomic E-state index is 0.156. The van der Waals surface area contributed by atoms with Gasteiger partial charge in [-0.25, -0.2) is 4.79 Å². The van der Waals surface area contributed by atoms with E-state index in [0.29, 0.717) is 17.1 Å². The summed E-state index contributed by atoms with van der Waals surface area (Å²) in [6.07, 6.45) is 0.248. The van der Waals surface area contributed by atoms with E-state index in [1.54, 1.807) is 18.2 Å². The molecule has 1 fully saturated rings. The van der Waals surface area contributed by atoms with Crippen LogP contribution >= 0.6 is 0 Å². The van der Waals surface area contributed by atoms with Crippen molar-refractivity contribution in [2.75, 3.05) is 7.11 Å². The smallest absolute Gasteiger partial charge is 0.348 e. The quantitative estimate of drug-likeness (QED) is 0.829. The number of rotatable bonds is 2. The van der Waals surface area contributed by atoms with Crippen LogP contribution in [0.3, 0.4) is 0 Å². The van der Waals surface area contributed by atoms with Gasteiger partial charge < -0.3 is 14.6 Å². The summed E-state index contributed by atoms with van der Waals surface area (Å²) in [4.78, 5) is 23.1. The molecule has 5 heteroatoms. The molecule has 0 radical (unpaired) electrons. The monoisotopic (exact) mass is 234 g/mol. The van der Waals surface area contributed by atoms with Crippen LogP contribution in [0.2, 0.25) is 0 Å². The van der Waals surface area contributed by atoms with E-state index in [2.05, 4.69) is 0 Å². The molecular formula is C12H10O5. The molecular weight excluding hydrogens is 224 g/mol. The van der Waals surface area contributed by atoms with Gasteiger partial charge in [-0.1, -0.05) is 0 Å². The highest BCUT2D eigenvalue weighted by Crippen LogP contribution is 2.54. The van der Waals surface area contributed by atoms with Crippen LogP contribution < -0.4 is 9.47 Å². The number of benzene rings is 1. The summed E-state index contributed by atoms with van der Waals surface area (Å²) in [6, 6.07) is 4.82. The Balaban J connectivity index is 2.08. The zero-order valence-electron chi connectivity index (χ0n) is 9.10. The van der Waals surface area contributed by atoms with Crippen molar-refractivity contribution >= 4 is 11.8 Å². The summed E-state index contributed by atoms with van der Waals surface area (Å²) in [6.45, 7) is 0. The second-order valence-corrected chi connectivity index (χ2v) is 4.28. The van der Waals surface area contributed by atoms with Crippen molar-refractivity contribution in [2.45, 2.75) is 12.0 Å². The van der Waals surface area contributed by atoms with Gasteiger partial charge in [-0.2, -0.15) is 0 Å². The maximum Gasteiger partial charge on any atom is 0.348 e. The van der Waals surface area contributed by atoms with E-state index >= 15 is 0 Å². The zero-order chi connectivity index (χ0) is 12.2. The molecule has 1 aliphatic heterocycles. The summed E-state index contributed by atoms with van der Waals surface area (Å²) in [5, 5.41) is 9.10. The number of hydrogen-bond donors (Lipinski definition) is 1. The molecule has 5 nitrogen and oxygen atoms in total. The number of carboxylic acid groups (broad SMARTS) is 1. The Morgan fingerprint density at radius 3 is 3.00 bits per heavy atom. The third-order valence-electron chi connectivity index (χ3n) is 3.33. The van der Waals surface area contributed by atoms with Crippen LogP contribution in [-0.4, -0.2) is 29.6 Å². The van der Waals surface area contributed by atoms with E-state index in [4.69, 9.17) is 14.6 Å². The summed E-state index contributed by atoms with van der Waals surface area (Å²) in [7, 11) is 1.50. The van der Waals surface area contributed by atoms with E-state index in [0.717, 1.165) is 0 Å². The predicted octanol–water partition coefficient (Wildman–Crippen LogP) is 1.11. The van der Waals surface area contributed by atoms with Crippen molar-refractivity contribution in [1.82, 2.24) is 0 Å². The van der Waals surface area contributed by atoms with Crippen LogP contribution in [0, 0.1) is 5.92 Å². The summed E-state index contributed by atoms with van der Waals surface area (Å²) < 4.78 is 10.5. The molecule has 1 aromatic rings. The van der Waals surface area contributed by atoms with Crippen LogP contribution in [0.4, 0.5) is 0 Å². The van der Waals surface area contributed by atoms with Gasteiger partial charge >= 0.3 is 5.97 Å². The molecule has 1 saturated carbocycles. The lowest BCUT2D eigenvalue weighted by Crippen LogP contribution is -2.37. The van der Waals surface area contributed by atoms with Crippen molar-refractivity contribution in [1.29, 1.82) is 0 Å². The molecule has 1 N–H and O–H groups in total. The maximum atomic E-state index is 12.0. The van der Waals surface area contributed by atoms with Gasteiger partial charge in [-0.05, 0) is 12.1 Å². The Morgan fingerprint density at radius 2 is 2.35 bits per heavy atom. The number of carboxylic acids is 1. The van der Waals surface area contributed by atoms with E-state index < -0.39 is 17.5 Å². The second-order valence-electron chi connectivity index (χ2n) is 4.28. The lowest BCUT2D eigenvalue weighted by Gasteiger charge is -2.22. The SMILES string of the molecule is COc1ccc2c(c1)O[C@]1(C(=O)O)C[C@H]1C2=O. The molecule has 0 unspecified atom stereocenters. The van der Waals surface area contributed by atoms with Gasteiger partial charge in [-0.15, -0.1) is 0 Å². The standard InChI is InChI=1S/C12H10O5/c1-16-6-2-3-7-9(4-6)17-12(11(14)15)5-8(12)10(7)13/h2-4,8H,5H2,1H3,(H,14,15)/t8-,12+/m0/s1. The number of ketones is 1. The number of methoxy groups -OCH3 is 1. The van der Waals surface area contributed by atoms with Gasteiger partial charge in [0.05, 0.1) is 18.6 Å². The molecule has 2 atom stereocenters. The van der Waals surface area contributed by atoms with Crippen LogP contribution in [-0.2, 0) is 4.79 Å². The average Bonchev–Trinajstić information content (AvgIpc) is 3.05. The molecule has 0 aromatic heterocycles. The van der Waals surface area contributed by atoms with Crippen LogP contribution in [0.1, 0.15) is 16.8 Å². The Kier molecular flexibility index (Phi) is 1.79. The molecule has 88 valence electrons. The summed E-state index contributed by atoms with van der Waals surface area (Å²) in [5.74, 6) is -0.941. The average molecular weight is 234 g/mol. The molecule has 0 spiro atoms. The Hall–Kier alpha value is -2.04. The number of carbonyl (C=O) groups excluding carboxylic acids is 1. The fraction of sp³-hybridized carbons (Fsp3) is 0.333. The predicted molar refractivity (Wildman–Crippen MR) is 56.4 cm³/mol. The number of fused-ring (bicyclic) bond motifs is 2. The van der Waals surface area contributed by atoms with E-state index in [1.165, 1.54) is 7.11 Å². The van der Waals surface area contributed by atoms with Gasteiger partial charge in [0.1, 0.15) is 11.5 Å². The van der Waals surface area contributed by atoms with Gasteiger partial charge in [0.2, 0.25) is 5.60 Å². The fourth-order valence-electron chi connectivity index (χ4n) is 2.24. The highest BCUT2D eigenvalue weighted by atomic mass is 16.5. The van der Waals surface area contributed by atoms with Crippen molar-refractivity contribution in [2.24, 2.45) is 5.92 Å². The third-order valence-corrected chi connectivity index (χ3v) is 3.33. The van der Waals surface area contributed by atoms with E-state index in [-0.39, 0.29) is 12.2 Å². The topological polar surface area (TPSA) is 72.8 Å². The first-order valence-corrected chi connectivity index (χ1v) is 5.23. The normalized spacial score (nSPS) is 28.8. The molecule has 2 aliphatic rings. The molecule has 1 aliphatic carbocycles. The fourth-order valence-corrected chi connectivity index (χ4v) is 2.24. The minimum atomic E-state index is -1.34. The number of ether oxygens (including phenoxy) is 2. The molecule has 0 saturated heterocycles. The van der Waals surface area contributed by atoms with Gasteiger partial charge in [0.25, 0.3) is 0 Å². The largest absolute Gasteiger partial charge is 0.497 e. The van der Waals surface area contributed by atoms with Crippen molar-refractivity contribution in [3.63, 3.8) is 0 Å². The number of carbonyl (C=O) groups is 2. The van der Waals surface area contributed by atoms with Gasteiger partial charge in [0.15, 0.2) is 5.78 Å². The minimum Gasteiger partial charge on any atom is -0.497 e. The van der Waals surface area contributed by atoms with Crippen molar-refractivity contribution < 1.29 is 24.2 Å². The number of Topliss-reactive ketones (excluding diaryl/α,β-unsaturated/α-hetero) is 1. The first kappa shape index (κ1) is 10.1. The van der Waals surface area contributed by atoms with Crippen molar-refractivity contribution in [3.8, 4) is 11.5 Å². The highest BCUT2D eigenvalue weighted by Gasteiger charge is 2.69. The molecule has 0 bridgehead atoms.